The number of hydrogen-bond donors (Lipinski definition) is 2. The third-order valence-corrected chi connectivity index (χ3v) is 3.00. The van der Waals surface area contributed by atoms with Crippen molar-refractivity contribution in [3.8, 4) is 0 Å². The van der Waals surface area contributed by atoms with Crippen molar-refractivity contribution in [1.29, 1.82) is 0 Å². The van der Waals surface area contributed by atoms with Crippen LogP contribution >= 0.6 is 0 Å². The number of carbonyl (C=O) groups is 1. The normalized spacial score (nSPS) is 11.9. The van der Waals surface area contributed by atoms with Gasteiger partial charge in [0.2, 0.25) is 5.91 Å². The Balaban J connectivity index is 1.83. The number of halogens is 1. The Morgan fingerprint density at radius 1 is 1.15 bits per heavy atom. The van der Waals surface area contributed by atoms with E-state index in [1.807, 2.05) is 30.3 Å². The van der Waals surface area contributed by atoms with Crippen LogP contribution in [0.2, 0.25) is 0 Å². The zero-order valence-electron chi connectivity index (χ0n) is 11.1. The molecule has 4 heteroatoms. The van der Waals surface area contributed by atoms with E-state index in [4.69, 9.17) is 5.73 Å². The maximum absolute atomic E-state index is 13.0. The summed E-state index contributed by atoms with van der Waals surface area (Å²) in [5.74, 6) is -0.502. The molecule has 1 atom stereocenters. The van der Waals surface area contributed by atoms with E-state index in [9.17, 15) is 9.18 Å². The number of hydrogen-bond acceptors (Lipinski definition) is 2. The predicted molar refractivity (Wildman–Crippen MR) is 76.5 cm³/mol. The van der Waals surface area contributed by atoms with Gasteiger partial charge in [-0.25, -0.2) is 4.39 Å². The van der Waals surface area contributed by atoms with Crippen LogP contribution in [0.4, 0.5) is 4.39 Å². The maximum Gasteiger partial charge on any atom is 0.224 e. The Hall–Kier alpha value is -2.20. The summed E-state index contributed by atoms with van der Waals surface area (Å²) in [6, 6.07) is 15.4. The Labute approximate surface area is 117 Å². The van der Waals surface area contributed by atoms with E-state index in [1.54, 1.807) is 12.1 Å². The zero-order valence-corrected chi connectivity index (χ0v) is 11.1. The first-order chi connectivity index (χ1) is 9.65. The number of nitrogens with one attached hydrogen (secondary N) is 1. The molecule has 2 rings (SSSR count). The van der Waals surface area contributed by atoms with Crippen molar-refractivity contribution in [1.82, 2.24) is 5.32 Å². The first-order valence-corrected chi connectivity index (χ1v) is 6.47. The van der Waals surface area contributed by atoms with E-state index in [-0.39, 0.29) is 24.2 Å². The van der Waals surface area contributed by atoms with Crippen molar-refractivity contribution in [3.63, 3.8) is 0 Å². The zero-order chi connectivity index (χ0) is 14.4. The van der Waals surface area contributed by atoms with Crippen LogP contribution in [0.5, 0.6) is 0 Å². The summed E-state index contributed by atoms with van der Waals surface area (Å²) in [6.45, 7) is 0.359. The molecule has 0 heterocycles. The van der Waals surface area contributed by atoms with Gasteiger partial charge in [0.1, 0.15) is 5.82 Å². The Morgan fingerprint density at radius 2 is 1.90 bits per heavy atom. The lowest BCUT2D eigenvalue weighted by atomic mass is 10.1. The highest BCUT2D eigenvalue weighted by Crippen LogP contribution is 2.08. The molecule has 0 saturated carbocycles. The average molecular weight is 272 g/mol. The number of benzene rings is 2. The second kappa shape index (κ2) is 6.82. The fraction of sp³-hybridized carbons (Fsp3) is 0.188. The van der Waals surface area contributed by atoms with Gasteiger partial charge in [-0.05, 0) is 23.3 Å². The lowest BCUT2D eigenvalue weighted by Gasteiger charge is -2.13. The Kier molecular flexibility index (Phi) is 4.85. The number of carbonyl (C=O) groups excluding carboxylic acids is 1. The SMILES string of the molecule is NC(CNC(=O)Cc1cccc(F)c1)c1ccccc1. The van der Waals surface area contributed by atoms with Crippen molar-refractivity contribution in [3.05, 3.63) is 71.5 Å². The third kappa shape index (κ3) is 4.17. The van der Waals surface area contributed by atoms with Gasteiger partial charge in [0.05, 0.1) is 6.42 Å². The first-order valence-electron chi connectivity index (χ1n) is 6.47. The van der Waals surface area contributed by atoms with Crippen LogP contribution in [0, 0.1) is 5.82 Å². The quantitative estimate of drug-likeness (QED) is 0.876. The molecule has 0 aliphatic heterocycles. The number of nitrogens with two attached hydrogens (primary N) is 1. The van der Waals surface area contributed by atoms with Crippen LogP contribution in [-0.2, 0) is 11.2 Å². The molecule has 0 aliphatic rings. The van der Waals surface area contributed by atoms with Crippen molar-refractivity contribution < 1.29 is 9.18 Å². The second-order valence-electron chi connectivity index (χ2n) is 4.63. The summed E-state index contributed by atoms with van der Waals surface area (Å²) in [5.41, 5.74) is 7.61. The highest BCUT2D eigenvalue weighted by atomic mass is 19.1. The van der Waals surface area contributed by atoms with E-state index in [1.165, 1.54) is 12.1 Å². The minimum Gasteiger partial charge on any atom is -0.354 e. The molecule has 0 bridgehead atoms. The van der Waals surface area contributed by atoms with E-state index in [2.05, 4.69) is 5.32 Å². The van der Waals surface area contributed by atoms with Crippen molar-refractivity contribution in [2.24, 2.45) is 5.73 Å². The van der Waals surface area contributed by atoms with Crippen molar-refractivity contribution in [2.45, 2.75) is 12.5 Å². The summed E-state index contributed by atoms with van der Waals surface area (Å²) >= 11 is 0. The standard InChI is InChI=1S/C16H17FN2O/c17-14-8-4-5-12(9-14)10-16(20)19-11-15(18)13-6-2-1-3-7-13/h1-9,15H,10-11,18H2,(H,19,20). The first kappa shape index (κ1) is 14.2. The lowest BCUT2D eigenvalue weighted by molar-refractivity contribution is -0.120. The maximum atomic E-state index is 13.0. The van der Waals surface area contributed by atoms with Gasteiger partial charge in [-0.3, -0.25) is 4.79 Å². The topological polar surface area (TPSA) is 55.1 Å². The van der Waals surface area contributed by atoms with Gasteiger partial charge in [0.25, 0.3) is 0 Å². The molecule has 104 valence electrons. The molecule has 0 fully saturated rings. The van der Waals surface area contributed by atoms with Gasteiger partial charge in [-0.1, -0.05) is 42.5 Å². The molecule has 0 saturated heterocycles. The largest absolute Gasteiger partial charge is 0.354 e. The van der Waals surface area contributed by atoms with Gasteiger partial charge in [-0.2, -0.15) is 0 Å². The Bertz CT molecular complexity index is 572. The van der Waals surface area contributed by atoms with Gasteiger partial charge in [-0.15, -0.1) is 0 Å². The molecular formula is C16H17FN2O. The minimum atomic E-state index is -0.337. The average Bonchev–Trinajstić information content (AvgIpc) is 2.46. The highest BCUT2D eigenvalue weighted by Gasteiger charge is 2.08. The molecule has 0 spiro atoms. The lowest BCUT2D eigenvalue weighted by Crippen LogP contribution is -2.32. The summed E-state index contributed by atoms with van der Waals surface area (Å²) in [5, 5.41) is 2.76. The smallest absolute Gasteiger partial charge is 0.224 e. The molecule has 0 radical (unpaired) electrons. The summed E-state index contributed by atoms with van der Waals surface area (Å²) in [4.78, 5) is 11.8. The molecular weight excluding hydrogens is 255 g/mol. The fourth-order valence-corrected chi connectivity index (χ4v) is 1.94. The van der Waals surface area contributed by atoms with E-state index < -0.39 is 0 Å². The van der Waals surface area contributed by atoms with Gasteiger partial charge in [0, 0.05) is 12.6 Å². The molecule has 3 N–H and O–H groups in total. The molecule has 0 aromatic heterocycles. The highest BCUT2D eigenvalue weighted by molar-refractivity contribution is 5.78. The van der Waals surface area contributed by atoms with Crippen LogP contribution in [0.25, 0.3) is 0 Å². The monoisotopic (exact) mass is 272 g/mol. The Morgan fingerprint density at radius 3 is 2.60 bits per heavy atom. The molecule has 0 aliphatic carbocycles. The van der Waals surface area contributed by atoms with Crippen molar-refractivity contribution >= 4 is 5.91 Å². The third-order valence-electron chi connectivity index (χ3n) is 3.00. The van der Waals surface area contributed by atoms with E-state index in [0.717, 1.165) is 5.56 Å². The minimum absolute atomic E-state index is 0.152. The van der Waals surface area contributed by atoms with Gasteiger partial charge < -0.3 is 11.1 Å². The number of rotatable bonds is 5. The van der Waals surface area contributed by atoms with E-state index >= 15 is 0 Å². The number of amides is 1. The van der Waals surface area contributed by atoms with Gasteiger partial charge in [0.15, 0.2) is 0 Å². The van der Waals surface area contributed by atoms with Crippen LogP contribution in [0.15, 0.2) is 54.6 Å². The summed E-state index contributed by atoms with van der Waals surface area (Å²) in [7, 11) is 0. The molecule has 3 nitrogen and oxygen atoms in total. The van der Waals surface area contributed by atoms with Crippen molar-refractivity contribution in [2.75, 3.05) is 6.54 Å². The molecule has 1 unspecified atom stereocenters. The van der Waals surface area contributed by atoms with Crippen LogP contribution in [-0.4, -0.2) is 12.5 Å². The van der Waals surface area contributed by atoms with Crippen LogP contribution < -0.4 is 11.1 Å². The second-order valence-corrected chi connectivity index (χ2v) is 4.63. The molecule has 20 heavy (non-hydrogen) atoms. The van der Waals surface area contributed by atoms with Crippen LogP contribution in [0.1, 0.15) is 17.2 Å². The summed E-state index contributed by atoms with van der Waals surface area (Å²) in [6.07, 6.45) is 0.152. The van der Waals surface area contributed by atoms with Crippen LogP contribution in [0.3, 0.4) is 0 Å². The molecule has 2 aromatic carbocycles. The summed E-state index contributed by atoms with van der Waals surface area (Å²) < 4.78 is 13.0. The molecule has 1 amide bonds. The fourth-order valence-electron chi connectivity index (χ4n) is 1.94. The van der Waals surface area contributed by atoms with Gasteiger partial charge >= 0.3 is 0 Å². The van der Waals surface area contributed by atoms with E-state index in [0.29, 0.717) is 12.1 Å². The molecule has 2 aromatic rings. The predicted octanol–water partition coefficient (Wildman–Crippen LogP) is 2.18.